The first-order valence-electron chi connectivity index (χ1n) is 5.25. The van der Waals surface area contributed by atoms with Gasteiger partial charge in [-0.2, -0.15) is 0 Å². The van der Waals surface area contributed by atoms with Crippen LogP contribution in [-0.4, -0.2) is 0 Å². The molecule has 0 aliphatic rings. The van der Waals surface area contributed by atoms with Gasteiger partial charge in [0.15, 0.2) is 0 Å². The molecule has 1 aromatic heterocycles. The molecule has 5 heteroatoms. The predicted molar refractivity (Wildman–Crippen MR) is 78.6 cm³/mol. The monoisotopic (exact) mass is 394 g/mol. The van der Waals surface area contributed by atoms with Crippen LogP contribution in [0.3, 0.4) is 0 Å². The molecule has 0 radical (unpaired) electrons. The SMILES string of the molecule is Cc1cc(C(Br)c2cc(C)c(Br)s2)c(F)cc1F. The average Bonchev–Trinajstić information content (AvgIpc) is 2.63. The summed E-state index contributed by atoms with van der Waals surface area (Å²) in [6, 6.07) is 4.48. The van der Waals surface area contributed by atoms with Crippen molar-refractivity contribution < 1.29 is 8.78 Å². The van der Waals surface area contributed by atoms with Crippen molar-refractivity contribution >= 4 is 43.2 Å². The highest BCUT2D eigenvalue weighted by Crippen LogP contribution is 2.40. The lowest BCUT2D eigenvalue weighted by Gasteiger charge is -2.11. The fourth-order valence-corrected chi connectivity index (χ4v) is 3.97. The highest BCUT2D eigenvalue weighted by molar-refractivity contribution is 9.11. The van der Waals surface area contributed by atoms with Crippen molar-refractivity contribution in [3.8, 4) is 0 Å². The van der Waals surface area contributed by atoms with Crippen LogP contribution >= 0.6 is 43.2 Å². The number of rotatable bonds is 2. The van der Waals surface area contributed by atoms with Crippen LogP contribution < -0.4 is 0 Å². The summed E-state index contributed by atoms with van der Waals surface area (Å²) in [6.45, 7) is 3.61. The Morgan fingerprint density at radius 3 is 2.28 bits per heavy atom. The van der Waals surface area contributed by atoms with E-state index < -0.39 is 11.6 Å². The van der Waals surface area contributed by atoms with E-state index in [9.17, 15) is 8.78 Å². The quantitative estimate of drug-likeness (QED) is 0.556. The van der Waals surface area contributed by atoms with Crippen LogP contribution in [0.25, 0.3) is 0 Å². The molecule has 0 aliphatic heterocycles. The maximum atomic E-state index is 13.8. The van der Waals surface area contributed by atoms with Crippen molar-refractivity contribution in [2.24, 2.45) is 0 Å². The molecular weight excluding hydrogens is 386 g/mol. The van der Waals surface area contributed by atoms with Crippen molar-refractivity contribution in [3.05, 3.63) is 55.2 Å². The Labute approximate surface area is 125 Å². The van der Waals surface area contributed by atoms with E-state index in [1.807, 2.05) is 13.0 Å². The number of hydrogen-bond donors (Lipinski definition) is 0. The molecule has 96 valence electrons. The number of thiophene rings is 1. The van der Waals surface area contributed by atoms with Gasteiger partial charge >= 0.3 is 0 Å². The van der Waals surface area contributed by atoms with Gasteiger partial charge in [-0.15, -0.1) is 11.3 Å². The van der Waals surface area contributed by atoms with Crippen molar-refractivity contribution in [2.45, 2.75) is 18.7 Å². The second-order valence-corrected chi connectivity index (χ2v) is 7.41. The Balaban J connectivity index is 2.45. The second-order valence-electron chi connectivity index (χ2n) is 4.09. The second kappa shape index (κ2) is 5.39. The van der Waals surface area contributed by atoms with Crippen molar-refractivity contribution in [1.82, 2.24) is 0 Å². The summed E-state index contributed by atoms with van der Waals surface area (Å²) in [5, 5.41) is 0. The minimum absolute atomic E-state index is 0.258. The van der Waals surface area contributed by atoms with Gasteiger partial charge in [0.05, 0.1) is 8.61 Å². The fraction of sp³-hybridized carbons (Fsp3) is 0.231. The number of hydrogen-bond acceptors (Lipinski definition) is 1. The number of aryl methyl sites for hydroxylation is 2. The summed E-state index contributed by atoms with van der Waals surface area (Å²) in [5.41, 5.74) is 2.02. The summed E-state index contributed by atoms with van der Waals surface area (Å²) in [4.78, 5) is 0.732. The summed E-state index contributed by atoms with van der Waals surface area (Å²) in [6.07, 6.45) is 0. The van der Waals surface area contributed by atoms with E-state index in [4.69, 9.17) is 0 Å². The first kappa shape index (κ1) is 14.2. The van der Waals surface area contributed by atoms with Gasteiger partial charge in [0.25, 0.3) is 0 Å². The molecule has 0 aliphatic carbocycles. The number of benzene rings is 1. The molecule has 1 aromatic carbocycles. The smallest absolute Gasteiger partial charge is 0.130 e. The highest BCUT2D eigenvalue weighted by Gasteiger charge is 2.19. The van der Waals surface area contributed by atoms with Crippen LogP contribution in [0, 0.1) is 25.5 Å². The molecule has 0 bridgehead atoms. The Kier molecular flexibility index (Phi) is 4.24. The van der Waals surface area contributed by atoms with Crippen LogP contribution in [0.15, 0.2) is 22.0 Å². The molecule has 18 heavy (non-hydrogen) atoms. The first-order chi connectivity index (χ1) is 8.40. The van der Waals surface area contributed by atoms with E-state index >= 15 is 0 Å². The topological polar surface area (TPSA) is 0 Å². The molecule has 1 atom stereocenters. The third kappa shape index (κ3) is 2.68. The summed E-state index contributed by atoms with van der Waals surface area (Å²) in [7, 11) is 0. The van der Waals surface area contributed by atoms with E-state index in [1.165, 1.54) is 0 Å². The molecule has 0 spiro atoms. The fourth-order valence-electron chi connectivity index (χ4n) is 1.64. The lowest BCUT2D eigenvalue weighted by Crippen LogP contribution is -1.97. The Hall–Kier alpha value is -0.260. The molecule has 2 aromatic rings. The van der Waals surface area contributed by atoms with Crippen molar-refractivity contribution in [2.75, 3.05) is 0 Å². The van der Waals surface area contributed by atoms with Gasteiger partial charge in [-0.3, -0.25) is 0 Å². The zero-order chi connectivity index (χ0) is 13.4. The molecule has 0 fully saturated rings. The third-order valence-electron chi connectivity index (χ3n) is 2.68. The van der Waals surface area contributed by atoms with Gasteiger partial charge in [-0.1, -0.05) is 15.9 Å². The van der Waals surface area contributed by atoms with Crippen LogP contribution in [0.4, 0.5) is 8.78 Å². The largest absolute Gasteiger partial charge is 0.207 e. The molecule has 2 rings (SSSR count). The van der Waals surface area contributed by atoms with Crippen LogP contribution in [0.5, 0.6) is 0 Å². The lowest BCUT2D eigenvalue weighted by atomic mass is 10.1. The van der Waals surface area contributed by atoms with Crippen LogP contribution in [0.1, 0.15) is 26.4 Å². The van der Waals surface area contributed by atoms with E-state index in [0.717, 1.165) is 20.3 Å². The normalized spacial score (nSPS) is 12.8. The highest BCUT2D eigenvalue weighted by atomic mass is 79.9. The third-order valence-corrected chi connectivity index (χ3v) is 6.17. The van der Waals surface area contributed by atoms with Gasteiger partial charge in [0.1, 0.15) is 11.6 Å². The Morgan fingerprint density at radius 2 is 1.72 bits per heavy atom. The lowest BCUT2D eigenvalue weighted by molar-refractivity contribution is 0.569. The molecule has 0 amide bonds. The Bertz CT molecular complexity index is 573. The molecule has 1 unspecified atom stereocenters. The van der Waals surface area contributed by atoms with Gasteiger partial charge < -0.3 is 0 Å². The molecule has 0 N–H and O–H groups in total. The molecule has 0 nitrogen and oxygen atoms in total. The standard InChI is InChI=1S/C13H10Br2F2S/c1-6-3-8(10(17)5-9(6)16)12(14)11-4-7(2)13(15)18-11/h3-5,12H,1-2H3. The predicted octanol–water partition coefficient (Wildman–Crippen LogP) is 5.89. The molecule has 1 heterocycles. The maximum absolute atomic E-state index is 13.8. The number of alkyl halides is 1. The minimum atomic E-state index is -0.526. The summed E-state index contributed by atoms with van der Waals surface area (Å²) < 4.78 is 28.1. The van der Waals surface area contributed by atoms with Gasteiger partial charge in [0.2, 0.25) is 0 Å². The molecular formula is C13H10Br2F2S. The van der Waals surface area contributed by atoms with Crippen molar-refractivity contribution in [1.29, 1.82) is 0 Å². The van der Waals surface area contributed by atoms with Gasteiger partial charge in [0, 0.05) is 16.5 Å². The Morgan fingerprint density at radius 1 is 1.06 bits per heavy atom. The van der Waals surface area contributed by atoms with E-state index in [-0.39, 0.29) is 4.83 Å². The van der Waals surface area contributed by atoms with E-state index in [2.05, 4.69) is 31.9 Å². The number of halogens is 4. The van der Waals surface area contributed by atoms with Crippen LogP contribution in [-0.2, 0) is 0 Å². The summed E-state index contributed by atoms with van der Waals surface area (Å²) >= 11 is 8.47. The molecule has 0 saturated heterocycles. The average molecular weight is 396 g/mol. The minimum Gasteiger partial charge on any atom is -0.207 e. The maximum Gasteiger partial charge on any atom is 0.130 e. The van der Waals surface area contributed by atoms with E-state index in [0.29, 0.717) is 11.1 Å². The summed E-state index contributed by atoms with van der Waals surface area (Å²) in [5.74, 6) is -1.04. The van der Waals surface area contributed by atoms with E-state index in [1.54, 1.807) is 24.3 Å². The zero-order valence-corrected chi connectivity index (χ0v) is 13.7. The van der Waals surface area contributed by atoms with Gasteiger partial charge in [-0.05, 0) is 53.0 Å². The van der Waals surface area contributed by atoms with Crippen LogP contribution in [0.2, 0.25) is 0 Å². The molecule has 0 saturated carbocycles. The van der Waals surface area contributed by atoms with Crippen molar-refractivity contribution in [3.63, 3.8) is 0 Å². The first-order valence-corrected chi connectivity index (χ1v) is 7.78. The van der Waals surface area contributed by atoms with Gasteiger partial charge in [-0.25, -0.2) is 8.78 Å². The zero-order valence-electron chi connectivity index (χ0n) is 9.73.